The number of ketones is 1. The van der Waals surface area contributed by atoms with Gasteiger partial charge in [-0.15, -0.1) is 0 Å². The van der Waals surface area contributed by atoms with Crippen molar-refractivity contribution < 1.29 is 9.59 Å². The number of rotatable bonds is 3. The van der Waals surface area contributed by atoms with Crippen molar-refractivity contribution >= 4 is 28.2 Å². The summed E-state index contributed by atoms with van der Waals surface area (Å²) in [6.07, 6.45) is 1.54. The molecule has 0 radical (unpaired) electrons. The predicted octanol–water partition coefficient (Wildman–Crippen LogP) is 7.13. The van der Waals surface area contributed by atoms with Crippen LogP contribution in [0.25, 0.3) is 10.8 Å². The van der Waals surface area contributed by atoms with Crippen LogP contribution in [0.1, 0.15) is 69.9 Å². The molecule has 0 spiro atoms. The zero-order valence-electron chi connectivity index (χ0n) is 19.9. The van der Waals surface area contributed by atoms with Crippen LogP contribution < -0.4 is 4.90 Å². The smallest absolute Gasteiger partial charge is 0.232 e. The molecule has 3 aromatic carbocycles. The Morgan fingerprint density at radius 3 is 2.30 bits per heavy atom. The lowest BCUT2D eigenvalue weighted by molar-refractivity contribution is -0.120. The number of hydrogen-bond acceptors (Lipinski definition) is 2. The highest BCUT2D eigenvalue weighted by atomic mass is 16.2. The fourth-order valence-electron chi connectivity index (χ4n) is 5.50. The van der Waals surface area contributed by atoms with Gasteiger partial charge >= 0.3 is 0 Å². The Bertz CT molecular complexity index is 1270. The van der Waals surface area contributed by atoms with E-state index >= 15 is 0 Å². The number of anilines is 1. The molecule has 3 nitrogen and oxygen atoms in total. The summed E-state index contributed by atoms with van der Waals surface area (Å²) in [4.78, 5) is 29.2. The first kappa shape index (κ1) is 21.6. The lowest BCUT2D eigenvalue weighted by Crippen LogP contribution is -2.43. The van der Waals surface area contributed by atoms with Gasteiger partial charge in [-0.2, -0.15) is 0 Å². The molecule has 1 aliphatic heterocycles. The summed E-state index contributed by atoms with van der Waals surface area (Å²) in [6.45, 7) is 8.60. The van der Waals surface area contributed by atoms with Crippen molar-refractivity contribution in [3.63, 3.8) is 0 Å². The van der Waals surface area contributed by atoms with Gasteiger partial charge in [-0.25, -0.2) is 0 Å². The average molecular weight is 438 g/mol. The first-order chi connectivity index (χ1) is 15.7. The van der Waals surface area contributed by atoms with Crippen LogP contribution in [0, 0.1) is 5.41 Å². The Morgan fingerprint density at radius 2 is 1.58 bits per heavy atom. The van der Waals surface area contributed by atoms with E-state index in [1.165, 1.54) is 5.56 Å². The van der Waals surface area contributed by atoms with E-state index in [0.717, 1.165) is 33.3 Å². The van der Waals surface area contributed by atoms with Gasteiger partial charge in [0.1, 0.15) is 0 Å². The predicted molar refractivity (Wildman–Crippen MR) is 134 cm³/mol. The van der Waals surface area contributed by atoms with Crippen molar-refractivity contribution in [2.24, 2.45) is 5.41 Å². The Morgan fingerprint density at radius 1 is 0.879 bits per heavy atom. The minimum Gasteiger partial charge on any atom is -0.294 e. The molecule has 3 heteroatoms. The second kappa shape index (κ2) is 7.98. The molecule has 0 saturated heterocycles. The molecule has 3 aromatic rings. The van der Waals surface area contributed by atoms with Crippen LogP contribution in [0.5, 0.6) is 0 Å². The van der Waals surface area contributed by atoms with Gasteiger partial charge in [0.15, 0.2) is 5.78 Å². The third kappa shape index (κ3) is 3.80. The standard InChI is InChI=1S/C30H31NO2/c1-19(2)20-12-14-22(15-13-20)24-16-28(33)31(26-17-30(3,4)18-27(32)29(24)26)25-11-7-9-21-8-5-6-10-23(21)25/h5-15,19,24H,16-18H2,1-4H3. The fourth-order valence-corrected chi connectivity index (χ4v) is 5.50. The molecule has 1 amide bonds. The summed E-state index contributed by atoms with van der Waals surface area (Å²) < 4.78 is 0. The van der Waals surface area contributed by atoms with Crippen molar-refractivity contribution in [1.29, 1.82) is 0 Å². The minimum absolute atomic E-state index is 0.0635. The van der Waals surface area contributed by atoms with Crippen LogP contribution in [0.15, 0.2) is 78.0 Å². The maximum atomic E-state index is 13.8. The minimum atomic E-state index is -0.178. The lowest BCUT2D eigenvalue weighted by Gasteiger charge is -2.43. The highest BCUT2D eigenvalue weighted by Gasteiger charge is 2.44. The summed E-state index contributed by atoms with van der Waals surface area (Å²) in [5.74, 6) is 0.509. The normalized spacial score (nSPS) is 20.5. The molecule has 0 bridgehead atoms. The number of benzene rings is 3. The van der Waals surface area contributed by atoms with Crippen molar-refractivity contribution in [2.45, 2.75) is 58.8 Å². The molecule has 33 heavy (non-hydrogen) atoms. The molecule has 168 valence electrons. The Labute approximate surface area is 196 Å². The fraction of sp³-hybridized carbons (Fsp3) is 0.333. The maximum Gasteiger partial charge on any atom is 0.232 e. The van der Waals surface area contributed by atoms with E-state index in [9.17, 15) is 9.59 Å². The van der Waals surface area contributed by atoms with Crippen molar-refractivity contribution in [3.05, 3.63) is 89.1 Å². The first-order valence-corrected chi connectivity index (χ1v) is 11.9. The van der Waals surface area contributed by atoms with Crippen LogP contribution >= 0.6 is 0 Å². The summed E-state index contributed by atoms with van der Waals surface area (Å²) in [6, 6.07) is 22.7. The largest absolute Gasteiger partial charge is 0.294 e. The number of carbonyl (C=O) groups excluding carboxylic acids is 2. The molecule has 0 N–H and O–H groups in total. The van der Waals surface area contributed by atoms with Gasteiger partial charge in [-0.05, 0) is 40.3 Å². The molecular formula is C30H31NO2. The molecule has 5 rings (SSSR count). The lowest BCUT2D eigenvalue weighted by atomic mass is 9.69. The van der Waals surface area contributed by atoms with Crippen LogP contribution in [0.4, 0.5) is 5.69 Å². The number of nitrogens with zero attached hydrogens (tertiary/aromatic N) is 1. The summed E-state index contributed by atoms with van der Waals surface area (Å²) in [5.41, 5.74) is 4.75. The zero-order chi connectivity index (χ0) is 23.3. The monoisotopic (exact) mass is 437 g/mol. The number of carbonyl (C=O) groups is 2. The van der Waals surface area contributed by atoms with Gasteiger partial charge in [0.2, 0.25) is 5.91 Å². The highest BCUT2D eigenvalue weighted by Crippen LogP contribution is 2.49. The van der Waals surface area contributed by atoms with Crippen molar-refractivity contribution in [2.75, 3.05) is 4.90 Å². The van der Waals surface area contributed by atoms with Gasteiger partial charge in [0, 0.05) is 35.4 Å². The third-order valence-electron chi connectivity index (χ3n) is 7.16. The first-order valence-electron chi connectivity index (χ1n) is 11.9. The van der Waals surface area contributed by atoms with Gasteiger partial charge in [-0.1, -0.05) is 88.4 Å². The molecule has 1 unspecified atom stereocenters. The van der Waals surface area contributed by atoms with Gasteiger partial charge in [0.25, 0.3) is 0 Å². The van der Waals surface area contributed by atoms with E-state index in [0.29, 0.717) is 25.2 Å². The molecule has 2 aliphatic rings. The second-order valence-corrected chi connectivity index (χ2v) is 10.6. The Kier molecular flexibility index (Phi) is 5.23. The summed E-state index contributed by atoms with van der Waals surface area (Å²) in [7, 11) is 0. The topological polar surface area (TPSA) is 37.4 Å². The van der Waals surface area contributed by atoms with E-state index < -0.39 is 0 Å². The molecule has 0 fully saturated rings. The number of Topliss-reactive ketones (excluding diaryl/α,β-unsaturated/α-hetero) is 1. The van der Waals surface area contributed by atoms with Gasteiger partial charge in [0.05, 0.1) is 5.69 Å². The maximum absolute atomic E-state index is 13.8. The molecule has 0 saturated carbocycles. The number of fused-ring (bicyclic) bond motifs is 1. The Hall–Kier alpha value is -3.20. The van der Waals surface area contributed by atoms with Crippen LogP contribution in [0.2, 0.25) is 0 Å². The van der Waals surface area contributed by atoms with E-state index in [4.69, 9.17) is 0 Å². The van der Waals surface area contributed by atoms with Gasteiger partial charge < -0.3 is 0 Å². The molecule has 1 heterocycles. The summed E-state index contributed by atoms with van der Waals surface area (Å²) in [5, 5.41) is 2.13. The quantitative estimate of drug-likeness (QED) is 0.437. The van der Waals surface area contributed by atoms with Crippen molar-refractivity contribution in [1.82, 2.24) is 0 Å². The highest BCUT2D eigenvalue weighted by molar-refractivity contribution is 6.11. The zero-order valence-corrected chi connectivity index (χ0v) is 19.9. The van der Waals surface area contributed by atoms with Crippen LogP contribution in [-0.4, -0.2) is 11.7 Å². The van der Waals surface area contributed by atoms with Crippen molar-refractivity contribution in [3.8, 4) is 0 Å². The SMILES string of the molecule is CC(C)c1ccc(C2CC(=O)N(c3cccc4ccccc34)C3=C2C(=O)CC(C)(C)C3)cc1. The van der Waals surface area contributed by atoms with Crippen LogP contribution in [-0.2, 0) is 9.59 Å². The average Bonchev–Trinajstić information content (AvgIpc) is 2.77. The molecule has 1 atom stereocenters. The van der Waals surface area contributed by atoms with E-state index in [1.54, 1.807) is 0 Å². The van der Waals surface area contributed by atoms with E-state index in [2.05, 4.69) is 70.2 Å². The molecule has 1 aliphatic carbocycles. The second-order valence-electron chi connectivity index (χ2n) is 10.6. The number of allylic oxidation sites excluding steroid dienone is 2. The number of hydrogen-bond donors (Lipinski definition) is 0. The van der Waals surface area contributed by atoms with Crippen LogP contribution in [0.3, 0.4) is 0 Å². The third-order valence-corrected chi connectivity index (χ3v) is 7.16. The summed E-state index contributed by atoms with van der Waals surface area (Å²) >= 11 is 0. The van der Waals surface area contributed by atoms with Gasteiger partial charge in [-0.3, -0.25) is 14.5 Å². The molecule has 0 aromatic heterocycles. The van der Waals surface area contributed by atoms with E-state index in [1.807, 2.05) is 29.2 Å². The Balaban J connectivity index is 1.69. The van der Waals surface area contributed by atoms with E-state index in [-0.39, 0.29) is 23.0 Å². The number of amides is 1. The molecular weight excluding hydrogens is 406 g/mol.